The van der Waals surface area contributed by atoms with E-state index in [4.69, 9.17) is 0 Å². The van der Waals surface area contributed by atoms with E-state index < -0.39 is 0 Å². The number of imidazole rings is 1. The fourth-order valence-corrected chi connectivity index (χ4v) is 8.74. The minimum Gasteiger partial charge on any atom is -0.338 e. The Bertz CT molecular complexity index is 2740. The predicted octanol–water partition coefficient (Wildman–Crippen LogP) is 8.52. The zero-order valence-electron chi connectivity index (χ0n) is 30.1. The van der Waals surface area contributed by atoms with Crippen LogP contribution in [0.15, 0.2) is 137 Å². The van der Waals surface area contributed by atoms with E-state index in [1.807, 2.05) is 64.1 Å². The van der Waals surface area contributed by atoms with Crippen LogP contribution in [0.3, 0.4) is 0 Å². The number of hydrogen-bond acceptors (Lipinski definition) is 4. The number of carbonyl (C=O) groups excluding carboxylic acids is 1. The van der Waals surface area contributed by atoms with Crippen molar-refractivity contribution in [1.29, 1.82) is 0 Å². The summed E-state index contributed by atoms with van der Waals surface area (Å²) in [5.41, 5.74) is 10.7. The molecule has 3 aliphatic rings. The summed E-state index contributed by atoms with van der Waals surface area (Å²) < 4.78 is 1.88. The third kappa shape index (κ3) is 6.27. The molecular weight excluding hydrogens is 671 g/mol. The number of piperidine rings is 1. The minimum atomic E-state index is -0.136. The first-order valence-electron chi connectivity index (χ1n) is 18.9. The molecule has 7 aromatic rings. The highest BCUT2D eigenvalue weighted by atomic mass is 16.2. The maximum absolute atomic E-state index is 13.7. The Labute approximate surface area is 312 Å². The van der Waals surface area contributed by atoms with Crippen LogP contribution in [-0.4, -0.2) is 43.6 Å². The molecule has 0 bridgehead atoms. The molecule has 1 amide bonds. The average Bonchev–Trinajstić information content (AvgIpc) is 3.56. The second-order valence-corrected chi connectivity index (χ2v) is 14.6. The van der Waals surface area contributed by atoms with Gasteiger partial charge in [0.05, 0.1) is 17.2 Å². The number of aromatic amines is 2. The second-order valence-electron chi connectivity index (χ2n) is 14.6. The summed E-state index contributed by atoms with van der Waals surface area (Å²) in [5.74, 6) is 0.0745. The molecular formula is C46H41N5O3. The number of aryl methyl sites for hydroxylation is 1. The molecule has 8 nitrogen and oxygen atoms in total. The molecule has 3 heterocycles. The van der Waals surface area contributed by atoms with Crippen LogP contribution in [0.1, 0.15) is 70.8 Å². The Morgan fingerprint density at radius 2 is 1.63 bits per heavy atom. The van der Waals surface area contributed by atoms with Crippen LogP contribution in [0.4, 0.5) is 0 Å². The maximum Gasteiger partial charge on any atom is 0.326 e. The van der Waals surface area contributed by atoms with Crippen molar-refractivity contribution in [3.05, 3.63) is 176 Å². The quantitative estimate of drug-likeness (QED) is 0.191. The summed E-state index contributed by atoms with van der Waals surface area (Å²) in [5, 5.41) is 10.3. The van der Waals surface area contributed by atoms with Gasteiger partial charge in [-0.2, -0.15) is 5.10 Å². The lowest BCUT2D eigenvalue weighted by molar-refractivity contribution is 0.0695. The van der Waals surface area contributed by atoms with Crippen LogP contribution in [-0.2, 0) is 12.8 Å². The lowest BCUT2D eigenvalue weighted by Gasteiger charge is -2.32. The maximum atomic E-state index is 13.7. The summed E-state index contributed by atoms with van der Waals surface area (Å²) in [7, 11) is 0. The van der Waals surface area contributed by atoms with Crippen LogP contribution in [0.5, 0.6) is 0 Å². The standard InChI is InChI=1S/C38H35N3O2.C8H6N2O/c42-37(40-21-19-30(20-22-40)41-35-14-4-3-13-34(35)39-38(41)43)29-11-5-7-25(24-29)23-28-10-6-9-27-16-17-32-31-12-2-1-8-26(31)15-18-33(32)36(27)28;11-8-7-4-2-1-3-6(7)5-9-10-8/h2-7,9-14,16-17,24,30H,1,8,15,18-23H2,(H,39,43);1-5H,(H,10,11). The topological polar surface area (TPSA) is 104 Å². The van der Waals surface area contributed by atoms with Crippen molar-refractivity contribution < 1.29 is 4.79 Å². The number of H-pyrrole nitrogens is 2. The number of rotatable bonds is 4. The van der Waals surface area contributed by atoms with Gasteiger partial charge in [0, 0.05) is 35.5 Å². The van der Waals surface area contributed by atoms with Crippen LogP contribution in [0.25, 0.3) is 38.2 Å². The molecule has 2 aliphatic carbocycles. The third-order valence-corrected chi connectivity index (χ3v) is 11.4. The smallest absolute Gasteiger partial charge is 0.326 e. The van der Waals surface area contributed by atoms with E-state index >= 15 is 0 Å². The van der Waals surface area contributed by atoms with Gasteiger partial charge in [-0.15, -0.1) is 0 Å². The highest BCUT2D eigenvalue weighted by Crippen LogP contribution is 2.41. The molecule has 0 atom stereocenters. The van der Waals surface area contributed by atoms with Gasteiger partial charge < -0.3 is 9.88 Å². The molecule has 0 saturated carbocycles. The van der Waals surface area contributed by atoms with Crippen molar-refractivity contribution in [3.8, 4) is 0 Å². The lowest BCUT2D eigenvalue weighted by Crippen LogP contribution is -2.40. The van der Waals surface area contributed by atoms with Crippen LogP contribution < -0.4 is 11.2 Å². The number of carbonyl (C=O) groups is 1. The van der Waals surface area contributed by atoms with E-state index in [0.29, 0.717) is 18.5 Å². The number of aromatic nitrogens is 4. The van der Waals surface area contributed by atoms with Gasteiger partial charge in [0.1, 0.15) is 0 Å². The van der Waals surface area contributed by atoms with Crippen molar-refractivity contribution in [2.24, 2.45) is 0 Å². The number of likely N-dealkylation sites (tertiary alicyclic amines) is 1. The highest BCUT2D eigenvalue weighted by Gasteiger charge is 2.27. The summed E-state index contributed by atoms with van der Waals surface area (Å²) >= 11 is 0. The Hall–Kier alpha value is -6.28. The molecule has 0 radical (unpaired) electrons. The number of hydrogen-bond donors (Lipinski definition) is 2. The zero-order valence-corrected chi connectivity index (χ0v) is 30.1. The molecule has 1 saturated heterocycles. The van der Waals surface area contributed by atoms with Crippen molar-refractivity contribution >= 4 is 44.1 Å². The van der Waals surface area contributed by atoms with Gasteiger partial charge in [-0.1, -0.05) is 90.5 Å². The van der Waals surface area contributed by atoms with Crippen molar-refractivity contribution in [3.63, 3.8) is 0 Å². The number of allylic oxidation sites excluding steroid dienone is 4. The number of benzene rings is 5. The Morgan fingerprint density at radius 3 is 2.52 bits per heavy atom. The van der Waals surface area contributed by atoms with Crippen molar-refractivity contribution in [2.45, 2.75) is 51.0 Å². The molecule has 1 aliphatic heterocycles. The first-order chi connectivity index (χ1) is 26.5. The minimum absolute atomic E-state index is 0.0687. The highest BCUT2D eigenvalue weighted by molar-refractivity contribution is 5.97. The Kier molecular flexibility index (Phi) is 8.87. The predicted molar refractivity (Wildman–Crippen MR) is 216 cm³/mol. The number of para-hydroxylation sites is 2. The third-order valence-electron chi connectivity index (χ3n) is 11.4. The zero-order chi connectivity index (χ0) is 36.6. The van der Waals surface area contributed by atoms with E-state index in [0.717, 1.165) is 66.1 Å². The normalized spacial score (nSPS) is 15.6. The monoisotopic (exact) mass is 711 g/mol. The molecule has 1 fully saturated rings. The summed E-state index contributed by atoms with van der Waals surface area (Å²) in [6.07, 6.45) is 13.2. The molecule has 54 heavy (non-hydrogen) atoms. The van der Waals surface area contributed by atoms with Crippen LogP contribution >= 0.6 is 0 Å². The average molecular weight is 712 g/mol. The molecule has 10 rings (SSSR count). The van der Waals surface area contributed by atoms with Gasteiger partial charge >= 0.3 is 5.69 Å². The summed E-state index contributed by atoms with van der Waals surface area (Å²) in [6, 6.07) is 34.7. The molecule has 8 heteroatoms. The van der Waals surface area contributed by atoms with Gasteiger partial charge in [-0.3, -0.25) is 14.2 Å². The van der Waals surface area contributed by atoms with E-state index in [2.05, 4.69) is 69.8 Å². The second kappa shape index (κ2) is 14.3. The van der Waals surface area contributed by atoms with Crippen molar-refractivity contribution in [2.75, 3.05) is 13.1 Å². The number of nitrogens with zero attached hydrogens (tertiary/aromatic N) is 3. The molecule has 2 aromatic heterocycles. The molecule has 5 aromatic carbocycles. The molecule has 0 spiro atoms. The first kappa shape index (κ1) is 33.5. The number of fused-ring (bicyclic) bond motifs is 6. The molecule has 2 N–H and O–H groups in total. The molecule has 268 valence electrons. The van der Waals surface area contributed by atoms with Gasteiger partial charge in [0.15, 0.2) is 0 Å². The van der Waals surface area contributed by atoms with Gasteiger partial charge in [0.2, 0.25) is 0 Å². The summed E-state index contributed by atoms with van der Waals surface area (Å²) in [4.78, 5) is 42.3. The summed E-state index contributed by atoms with van der Waals surface area (Å²) in [6.45, 7) is 1.28. The van der Waals surface area contributed by atoms with Crippen LogP contribution in [0, 0.1) is 0 Å². The van der Waals surface area contributed by atoms with E-state index in [1.54, 1.807) is 17.8 Å². The Balaban J connectivity index is 0.000000299. The van der Waals surface area contributed by atoms with Crippen LogP contribution in [0.2, 0.25) is 0 Å². The Morgan fingerprint density at radius 1 is 0.815 bits per heavy atom. The fourth-order valence-electron chi connectivity index (χ4n) is 8.74. The van der Waals surface area contributed by atoms with E-state index in [9.17, 15) is 14.4 Å². The largest absolute Gasteiger partial charge is 0.338 e. The van der Waals surface area contributed by atoms with Gasteiger partial charge in [0.25, 0.3) is 11.5 Å². The van der Waals surface area contributed by atoms with E-state index in [1.165, 1.54) is 39.5 Å². The van der Waals surface area contributed by atoms with Gasteiger partial charge in [-0.05, 0) is 114 Å². The first-order valence-corrected chi connectivity index (χ1v) is 18.9. The van der Waals surface area contributed by atoms with E-state index in [-0.39, 0.29) is 23.2 Å². The SMILES string of the molecule is O=C(c1cccc(Cc2cccc3ccc4c(c23)CCC2=C4C=CCC2)c1)N1CCC(n2c(=O)[nH]c3ccccc32)CC1.O=c1[nH]ncc2ccccc12. The lowest BCUT2D eigenvalue weighted by atomic mass is 9.78. The fraction of sp³-hybridized carbons (Fsp3) is 0.217. The molecule has 0 unspecified atom stereocenters. The van der Waals surface area contributed by atoms with Gasteiger partial charge in [-0.25, -0.2) is 9.89 Å². The number of nitrogens with one attached hydrogen (secondary N) is 2. The van der Waals surface area contributed by atoms with Crippen molar-refractivity contribution in [1.82, 2.24) is 24.6 Å². The number of amides is 1.